The van der Waals surface area contributed by atoms with Crippen LogP contribution in [0.3, 0.4) is 0 Å². The Morgan fingerprint density at radius 3 is 2.18 bits per heavy atom. The Bertz CT molecular complexity index is 1410. The fraction of sp³-hybridized carbons (Fsp3) is 0.0741. The van der Waals surface area contributed by atoms with Crippen molar-refractivity contribution in [2.24, 2.45) is 0 Å². The Balaban J connectivity index is 1.61. The summed E-state index contributed by atoms with van der Waals surface area (Å²) in [5.74, 6) is -0.362. The number of hydrogen-bond acceptors (Lipinski definition) is 4. The Labute approximate surface area is 193 Å². The lowest BCUT2D eigenvalue weighted by Crippen LogP contribution is -2.32. The number of aryl methyl sites for hydroxylation is 1. The summed E-state index contributed by atoms with van der Waals surface area (Å²) in [6.45, 7) is 5.76. The lowest BCUT2D eigenvalue weighted by atomic mass is 10.0. The van der Waals surface area contributed by atoms with Crippen molar-refractivity contribution in [2.75, 3.05) is 0 Å². The van der Waals surface area contributed by atoms with Gasteiger partial charge in [-0.25, -0.2) is 13.2 Å². The Hall–Kier alpha value is -3.74. The molecule has 0 unspecified atom stereocenters. The van der Waals surface area contributed by atoms with E-state index in [1.807, 2.05) is 43.3 Å². The van der Waals surface area contributed by atoms with Crippen molar-refractivity contribution in [2.45, 2.75) is 17.9 Å². The predicted molar refractivity (Wildman–Crippen MR) is 129 cm³/mol. The van der Waals surface area contributed by atoms with E-state index >= 15 is 0 Å². The molecule has 0 amide bonds. The molecule has 0 spiro atoms. The van der Waals surface area contributed by atoms with Gasteiger partial charge in [0.25, 0.3) is 0 Å². The van der Waals surface area contributed by atoms with E-state index in [2.05, 4.69) is 11.3 Å². The Morgan fingerprint density at radius 1 is 0.848 bits per heavy atom. The lowest BCUT2D eigenvalue weighted by molar-refractivity contribution is -0.130. The van der Waals surface area contributed by atoms with Crippen LogP contribution >= 0.6 is 0 Å². The smallest absolute Gasteiger partial charge is 0.340 e. The molecule has 4 aromatic rings. The minimum atomic E-state index is -3.92. The van der Waals surface area contributed by atoms with Crippen molar-refractivity contribution in [3.63, 3.8) is 0 Å². The standard InChI is InChI=1S/C27H23NO4S/c1-19-12-16-25(17-13-19)33(30,31)28-26(22-9-4-3-5-10-22)20(2)27(29)32-24-15-14-21-8-6-7-11-23(21)18-24/h3-18,26,28H,2H2,1H3/t26-/m1/s1. The molecule has 0 radical (unpaired) electrons. The molecule has 1 N–H and O–H groups in total. The van der Waals surface area contributed by atoms with E-state index in [1.165, 1.54) is 12.1 Å². The normalized spacial score (nSPS) is 12.3. The third kappa shape index (κ3) is 5.19. The van der Waals surface area contributed by atoms with Crippen LogP contribution in [0.4, 0.5) is 0 Å². The van der Waals surface area contributed by atoms with Gasteiger partial charge >= 0.3 is 5.97 Å². The number of fused-ring (bicyclic) bond motifs is 1. The largest absolute Gasteiger partial charge is 0.423 e. The quantitative estimate of drug-likeness (QED) is 0.231. The lowest BCUT2D eigenvalue weighted by Gasteiger charge is -2.21. The third-order valence-electron chi connectivity index (χ3n) is 5.28. The van der Waals surface area contributed by atoms with E-state index in [0.717, 1.165) is 16.3 Å². The zero-order valence-electron chi connectivity index (χ0n) is 18.1. The van der Waals surface area contributed by atoms with Gasteiger partial charge < -0.3 is 4.74 Å². The van der Waals surface area contributed by atoms with Gasteiger partial charge in [-0.1, -0.05) is 84.9 Å². The summed E-state index contributed by atoms with van der Waals surface area (Å²) in [4.78, 5) is 13.1. The van der Waals surface area contributed by atoms with Crippen LogP contribution in [0.15, 0.2) is 114 Å². The summed E-state index contributed by atoms with van der Waals surface area (Å²) in [5.41, 5.74) is 1.50. The summed E-state index contributed by atoms with van der Waals surface area (Å²) in [6.07, 6.45) is 0. The van der Waals surface area contributed by atoms with Gasteiger partial charge in [0.2, 0.25) is 10.0 Å². The van der Waals surface area contributed by atoms with E-state index in [-0.39, 0.29) is 10.5 Å². The first-order valence-corrected chi connectivity index (χ1v) is 11.9. The van der Waals surface area contributed by atoms with Gasteiger partial charge in [-0.05, 0) is 47.5 Å². The van der Waals surface area contributed by atoms with Gasteiger partial charge in [0.05, 0.1) is 16.5 Å². The topological polar surface area (TPSA) is 72.5 Å². The number of ether oxygens (including phenoxy) is 1. The highest BCUT2D eigenvalue weighted by atomic mass is 32.2. The minimum absolute atomic E-state index is 0.0231. The summed E-state index contributed by atoms with van der Waals surface area (Å²) >= 11 is 0. The molecule has 0 saturated carbocycles. The fourth-order valence-electron chi connectivity index (χ4n) is 3.45. The maximum atomic E-state index is 13.1. The molecule has 0 saturated heterocycles. The van der Waals surface area contributed by atoms with Crippen LogP contribution in [0.25, 0.3) is 10.8 Å². The predicted octanol–water partition coefficient (Wildman–Crippen LogP) is 5.33. The molecule has 33 heavy (non-hydrogen) atoms. The van der Waals surface area contributed by atoms with E-state index in [4.69, 9.17) is 4.74 Å². The highest BCUT2D eigenvalue weighted by Gasteiger charge is 2.28. The van der Waals surface area contributed by atoms with Crippen LogP contribution in [-0.4, -0.2) is 14.4 Å². The van der Waals surface area contributed by atoms with Crippen molar-refractivity contribution in [1.29, 1.82) is 0 Å². The minimum Gasteiger partial charge on any atom is -0.423 e. The second-order valence-electron chi connectivity index (χ2n) is 7.70. The van der Waals surface area contributed by atoms with Crippen LogP contribution in [0.5, 0.6) is 5.75 Å². The molecule has 166 valence electrons. The molecule has 0 aliphatic heterocycles. The Morgan fingerprint density at radius 2 is 1.48 bits per heavy atom. The summed E-state index contributed by atoms with van der Waals surface area (Å²) in [6, 6.07) is 27.3. The summed E-state index contributed by atoms with van der Waals surface area (Å²) in [7, 11) is -3.92. The summed E-state index contributed by atoms with van der Waals surface area (Å²) < 4.78 is 34.3. The number of carbonyl (C=O) groups is 1. The molecule has 4 aromatic carbocycles. The molecule has 0 bridgehead atoms. The van der Waals surface area contributed by atoms with Crippen molar-refractivity contribution in [3.8, 4) is 5.75 Å². The van der Waals surface area contributed by atoms with Crippen LogP contribution in [0.2, 0.25) is 0 Å². The maximum absolute atomic E-state index is 13.1. The third-order valence-corrected chi connectivity index (χ3v) is 6.72. The van der Waals surface area contributed by atoms with Crippen molar-refractivity contribution < 1.29 is 17.9 Å². The average molecular weight is 458 g/mol. The average Bonchev–Trinajstić information content (AvgIpc) is 2.83. The van der Waals surface area contributed by atoms with Gasteiger partial charge in [-0.3, -0.25) is 0 Å². The van der Waals surface area contributed by atoms with Gasteiger partial charge in [0, 0.05) is 0 Å². The molecular formula is C27H23NO4S. The number of rotatable bonds is 7. The Kier molecular flexibility index (Phi) is 6.40. The number of benzene rings is 4. The number of esters is 1. The van der Waals surface area contributed by atoms with Gasteiger partial charge in [0.15, 0.2) is 0 Å². The maximum Gasteiger partial charge on any atom is 0.340 e. The molecule has 0 aromatic heterocycles. The monoisotopic (exact) mass is 457 g/mol. The van der Waals surface area contributed by atoms with Crippen molar-refractivity contribution in [3.05, 3.63) is 120 Å². The van der Waals surface area contributed by atoms with Crippen LogP contribution in [0, 0.1) is 6.92 Å². The molecule has 0 heterocycles. The van der Waals surface area contributed by atoms with Crippen LogP contribution in [0.1, 0.15) is 17.2 Å². The second kappa shape index (κ2) is 9.40. The van der Waals surface area contributed by atoms with Crippen molar-refractivity contribution in [1.82, 2.24) is 4.72 Å². The second-order valence-corrected chi connectivity index (χ2v) is 9.42. The number of carbonyl (C=O) groups excluding carboxylic acids is 1. The van der Waals surface area contributed by atoms with Crippen LogP contribution < -0.4 is 9.46 Å². The summed E-state index contributed by atoms with van der Waals surface area (Å²) in [5, 5.41) is 1.94. The van der Waals surface area contributed by atoms with E-state index in [0.29, 0.717) is 11.3 Å². The fourth-order valence-corrected chi connectivity index (χ4v) is 4.67. The van der Waals surface area contributed by atoms with Crippen molar-refractivity contribution >= 4 is 26.8 Å². The number of sulfonamides is 1. The van der Waals surface area contributed by atoms with E-state index in [1.54, 1.807) is 48.5 Å². The molecule has 5 nitrogen and oxygen atoms in total. The van der Waals surface area contributed by atoms with E-state index in [9.17, 15) is 13.2 Å². The molecule has 4 rings (SSSR count). The SMILES string of the molecule is C=C(C(=O)Oc1ccc2ccccc2c1)[C@@H](NS(=O)(=O)c1ccc(C)cc1)c1ccccc1. The molecular weight excluding hydrogens is 434 g/mol. The molecule has 0 fully saturated rings. The molecule has 6 heteroatoms. The molecule has 1 atom stereocenters. The number of hydrogen-bond donors (Lipinski definition) is 1. The first-order valence-electron chi connectivity index (χ1n) is 10.4. The highest BCUT2D eigenvalue weighted by Crippen LogP contribution is 2.27. The molecule has 0 aliphatic rings. The molecule has 0 aliphatic carbocycles. The zero-order valence-corrected chi connectivity index (χ0v) is 18.9. The van der Waals surface area contributed by atoms with Gasteiger partial charge in [0.1, 0.15) is 5.75 Å². The van der Waals surface area contributed by atoms with Gasteiger partial charge in [-0.15, -0.1) is 0 Å². The zero-order chi connectivity index (χ0) is 23.4. The first-order chi connectivity index (χ1) is 15.8. The van der Waals surface area contributed by atoms with Crippen LogP contribution in [-0.2, 0) is 14.8 Å². The highest BCUT2D eigenvalue weighted by molar-refractivity contribution is 7.89. The number of nitrogens with one attached hydrogen (secondary N) is 1. The van der Waals surface area contributed by atoms with Gasteiger partial charge in [-0.2, -0.15) is 4.72 Å². The first kappa shape index (κ1) is 22.5. The van der Waals surface area contributed by atoms with E-state index < -0.39 is 22.0 Å².